The van der Waals surface area contributed by atoms with Gasteiger partial charge < -0.3 is 15.0 Å². The van der Waals surface area contributed by atoms with Crippen molar-refractivity contribution < 1.29 is 4.74 Å². The van der Waals surface area contributed by atoms with Gasteiger partial charge in [0.15, 0.2) is 5.96 Å². The lowest BCUT2D eigenvalue weighted by Crippen LogP contribution is -2.48. The van der Waals surface area contributed by atoms with E-state index in [2.05, 4.69) is 60.4 Å². The molecule has 1 fully saturated rings. The highest BCUT2D eigenvalue weighted by Crippen LogP contribution is 2.21. The van der Waals surface area contributed by atoms with Crippen molar-refractivity contribution in [3.63, 3.8) is 0 Å². The standard InChI is InChI=1S/C23H35N5O/c1-5-24-23(25-12-6-7-19-8-10-20(11-9-19)18(2)3)28-13-14-29-22(17-28)21-15-26-27(4)16-21/h8-11,15-16,18,22H,5-7,12-14,17H2,1-4H3,(H,24,25). The van der Waals surface area contributed by atoms with Crippen LogP contribution >= 0.6 is 0 Å². The monoisotopic (exact) mass is 397 g/mol. The first-order chi connectivity index (χ1) is 14.1. The summed E-state index contributed by atoms with van der Waals surface area (Å²) >= 11 is 0. The normalized spacial score (nSPS) is 17.8. The van der Waals surface area contributed by atoms with E-state index in [9.17, 15) is 0 Å². The summed E-state index contributed by atoms with van der Waals surface area (Å²) in [7, 11) is 1.94. The number of aryl methyl sites for hydroxylation is 2. The Morgan fingerprint density at radius 2 is 2.10 bits per heavy atom. The lowest BCUT2D eigenvalue weighted by atomic mass is 10.0. The van der Waals surface area contributed by atoms with Crippen LogP contribution in [0.4, 0.5) is 0 Å². The molecular weight excluding hydrogens is 362 g/mol. The van der Waals surface area contributed by atoms with Gasteiger partial charge in [-0.3, -0.25) is 9.67 Å². The fourth-order valence-corrected chi connectivity index (χ4v) is 3.61. The van der Waals surface area contributed by atoms with E-state index in [4.69, 9.17) is 9.73 Å². The van der Waals surface area contributed by atoms with Crippen LogP contribution in [0.5, 0.6) is 0 Å². The van der Waals surface area contributed by atoms with Gasteiger partial charge in [0, 0.05) is 38.4 Å². The van der Waals surface area contributed by atoms with Gasteiger partial charge in [-0.1, -0.05) is 38.1 Å². The van der Waals surface area contributed by atoms with Crippen molar-refractivity contribution in [2.45, 2.75) is 45.6 Å². The minimum Gasteiger partial charge on any atom is -0.370 e. The first kappa shape index (κ1) is 21.4. The Kier molecular flexibility index (Phi) is 7.69. The van der Waals surface area contributed by atoms with Gasteiger partial charge in [0.25, 0.3) is 0 Å². The predicted molar refractivity (Wildman–Crippen MR) is 118 cm³/mol. The molecule has 1 N–H and O–H groups in total. The van der Waals surface area contributed by atoms with Crippen LogP contribution in [0, 0.1) is 0 Å². The van der Waals surface area contributed by atoms with Crippen LogP contribution in [-0.4, -0.2) is 53.4 Å². The van der Waals surface area contributed by atoms with Gasteiger partial charge >= 0.3 is 0 Å². The van der Waals surface area contributed by atoms with E-state index < -0.39 is 0 Å². The average molecular weight is 398 g/mol. The molecule has 3 rings (SSSR count). The number of nitrogens with one attached hydrogen (secondary N) is 1. The predicted octanol–water partition coefficient (Wildman–Crippen LogP) is 3.52. The van der Waals surface area contributed by atoms with Gasteiger partial charge in [0.05, 0.1) is 19.3 Å². The number of nitrogens with zero attached hydrogens (tertiary/aromatic N) is 4. The largest absolute Gasteiger partial charge is 0.370 e. The summed E-state index contributed by atoms with van der Waals surface area (Å²) in [6, 6.07) is 9.01. The van der Waals surface area contributed by atoms with E-state index in [0.29, 0.717) is 12.5 Å². The topological polar surface area (TPSA) is 54.7 Å². The second-order valence-corrected chi connectivity index (χ2v) is 7.99. The first-order valence-electron chi connectivity index (χ1n) is 10.8. The summed E-state index contributed by atoms with van der Waals surface area (Å²) in [4.78, 5) is 7.19. The van der Waals surface area contributed by atoms with E-state index in [1.807, 2.05) is 24.1 Å². The number of rotatable bonds is 7. The number of morpholine rings is 1. The molecule has 1 saturated heterocycles. The average Bonchev–Trinajstić information content (AvgIpc) is 3.17. The molecule has 1 unspecified atom stereocenters. The van der Waals surface area contributed by atoms with Crippen LogP contribution in [-0.2, 0) is 18.2 Å². The molecule has 0 aliphatic carbocycles. The quantitative estimate of drug-likeness (QED) is 0.441. The Labute approximate surface area is 175 Å². The molecule has 2 aromatic rings. The van der Waals surface area contributed by atoms with E-state index in [1.165, 1.54) is 11.1 Å². The third-order valence-electron chi connectivity index (χ3n) is 5.33. The Morgan fingerprint density at radius 1 is 1.31 bits per heavy atom. The summed E-state index contributed by atoms with van der Waals surface area (Å²) in [6.45, 7) is 10.6. The maximum absolute atomic E-state index is 5.97. The van der Waals surface area contributed by atoms with Crippen molar-refractivity contribution in [3.8, 4) is 0 Å². The molecule has 158 valence electrons. The molecule has 0 saturated carbocycles. The van der Waals surface area contributed by atoms with E-state index in [1.54, 1.807) is 0 Å². The molecule has 1 aromatic carbocycles. The first-order valence-corrected chi connectivity index (χ1v) is 10.8. The van der Waals surface area contributed by atoms with Crippen LogP contribution in [0.25, 0.3) is 0 Å². The number of aromatic nitrogens is 2. The van der Waals surface area contributed by atoms with Crippen LogP contribution in [0.3, 0.4) is 0 Å². The number of aliphatic imine (C=N–C) groups is 1. The highest BCUT2D eigenvalue weighted by molar-refractivity contribution is 5.80. The van der Waals surface area contributed by atoms with Gasteiger partial charge in [0.2, 0.25) is 0 Å². The highest BCUT2D eigenvalue weighted by atomic mass is 16.5. The second kappa shape index (κ2) is 10.4. The Hall–Kier alpha value is -2.34. The third-order valence-corrected chi connectivity index (χ3v) is 5.33. The van der Waals surface area contributed by atoms with Gasteiger partial charge in [-0.05, 0) is 36.8 Å². The minimum absolute atomic E-state index is 0.0424. The molecular formula is C23H35N5O. The second-order valence-electron chi connectivity index (χ2n) is 7.99. The van der Waals surface area contributed by atoms with Gasteiger partial charge in [-0.25, -0.2) is 0 Å². The van der Waals surface area contributed by atoms with E-state index >= 15 is 0 Å². The fraction of sp³-hybridized carbons (Fsp3) is 0.565. The Balaban J connectivity index is 1.54. The van der Waals surface area contributed by atoms with Gasteiger partial charge in [-0.2, -0.15) is 5.10 Å². The maximum Gasteiger partial charge on any atom is 0.194 e. The molecule has 1 aliphatic rings. The summed E-state index contributed by atoms with van der Waals surface area (Å²) in [5, 5.41) is 7.72. The summed E-state index contributed by atoms with van der Waals surface area (Å²) in [5.41, 5.74) is 3.91. The SMILES string of the molecule is CCNC(=NCCCc1ccc(C(C)C)cc1)N1CCOC(c2cnn(C)c2)C1. The number of ether oxygens (including phenoxy) is 1. The molecule has 6 nitrogen and oxygen atoms in total. The Morgan fingerprint density at radius 3 is 2.76 bits per heavy atom. The van der Waals surface area contributed by atoms with Crippen LogP contribution < -0.4 is 5.32 Å². The molecule has 2 heterocycles. The minimum atomic E-state index is 0.0424. The van der Waals surface area contributed by atoms with Crippen molar-refractivity contribution in [2.75, 3.05) is 32.8 Å². The van der Waals surface area contributed by atoms with Crippen molar-refractivity contribution in [2.24, 2.45) is 12.0 Å². The zero-order valence-electron chi connectivity index (χ0n) is 18.3. The third kappa shape index (κ3) is 6.07. The zero-order valence-corrected chi connectivity index (χ0v) is 18.3. The molecule has 1 aliphatic heterocycles. The summed E-state index contributed by atoms with van der Waals surface area (Å²) in [5.74, 6) is 1.57. The Bertz CT molecular complexity index is 781. The highest BCUT2D eigenvalue weighted by Gasteiger charge is 2.25. The maximum atomic E-state index is 5.97. The van der Waals surface area contributed by atoms with Crippen molar-refractivity contribution in [1.29, 1.82) is 0 Å². The van der Waals surface area contributed by atoms with Gasteiger partial charge in [0.1, 0.15) is 6.10 Å². The molecule has 6 heteroatoms. The summed E-state index contributed by atoms with van der Waals surface area (Å²) in [6.07, 6.45) is 6.07. The van der Waals surface area contributed by atoms with Crippen LogP contribution in [0.15, 0.2) is 41.7 Å². The molecule has 0 bridgehead atoms. The smallest absolute Gasteiger partial charge is 0.194 e. The number of hydrogen-bond acceptors (Lipinski definition) is 3. The lowest BCUT2D eigenvalue weighted by Gasteiger charge is -2.34. The van der Waals surface area contributed by atoms with Crippen molar-refractivity contribution in [3.05, 3.63) is 53.3 Å². The molecule has 29 heavy (non-hydrogen) atoms. The zero-order chi connectivity index (χ0) is 20.6. The number of hydrogen-bond donors (Lipinski definition) is 1. The molecule has 0 amide bonds. The molecule has 1 aromatic heterocycles. The van der Waals surface area contributed by atoms with Crippen molar-refractivity contribution in [1.82, 2.24) is 20.0 Å². The van der Waals surface area contributed by atoms with Crippen LogP contribution in [0.1, 0.15) is 55.9 Å². The molecule has 0 radical (unpaired) electrons. The van der Waals surface area contributed by atoms with E-state index in [0.717, 1.165) is 50.5 Å². The van der Waals surface area contributed by atoms with Crippen molar-refractivity contribution >= 4 is 5.96 Å². The number of benzene rings is 1. The van der Waals surface area contributed by atoms with Crippen LogP contribution in [0.2, 0.25) is 0 Å². The fourth-order valence-electron chi connectivity index (χ4n) is 3.61. The number of guanidine groups is 1. The lowest BCUT2D eigenvalue weighted by molar-refractivity contribution is -0.00804. The molecule has 1 atom stereocenters. The summed E-state index contributed by atoms with van der Waals surface area (Å²) < 4.78 is 7.79. The van der Waals surface area contributed by atoms with E-state index in [-0.39, 0.29) is 6.10 Å². The van der Waals surface area contributed by atoms with Gasteiger partial charge in [-0.15, -0.1) is 0 Å². The molecule has 0 spiro atoms.